The highest BCUT2D eigenvalue weighted by molar-refractivity contribution is 5.84. The molecule has 0 aliphatic rings. The summed E-state index contributed by atoms with van der Waals surface area (Å²) in [5.41, 5.74) is 7.98. The van der Waals surface area contributed by atoms with Crippen molar-refractivity contribution >= 4 is 17.0 Å². The Kier molecular flexibility index (Phi) is 5.48. The minimum Gasteiger partial charge on any atom is -0.494 e. The summed E-state index contributed by atoms with van der Waals surface area (Å²) in [7, 11) is 1.67. The molecule has 2 aromatic rings. The number of nitrogens with zero attached hydrogens (tertiary/aromatic N) is 2. The lowest BCUT2D eigenvalue weighted by Crippen LogP contribution is -2.03. The summed E-state index contributed by atoms with van der Waals surface area (Å²) in [5.74, 6) is 2.18. The number of hydrogen-bond acceptors (Lipinski definition) is 3. The van der Waals surface area contributed by atoms with Crippen LogP contribution >= 0.6 is 0 Å². The molecule has 0 saturated carbocycles. The third kappa shape index (κ3) is 3.90. The van der Waals surface area contributed by atoms with Crippen molar-refractivity contribution in [3.05, 3.63) is 18.2 Å². The van der Waals surface area contributed by atoms with Gasteiger partial charge in [-0.3, -0.25) is 0 Å². The van der Waals surface area contributed by atoms with Gasteiger partial charge in [0.15, 0.2) is 0 Å². The zero-order valence-electron chi connectivity index (χ0n) is 13.4. The van der Waals surface area contributed by atoms with Crippen molar-refractivity contribution < 1.29 is 4.74 Å². The fraction of sp³-hybridized carbons (Fsp3) is 0.588. The number of aromatic nitrogens is 2. The van der Waals surface area contributed by atoms with Crippen molar-refractivity contribution in [1.29, 1.82) is 0 Å². The number of unbranched alkanes of at least 4 members (excludes halogenated alkanes) is 3. The average Bonchev–Trinajstić information content (AvgIpc) is 2.78. The van der Waals surface area contributed by atoms with E-state index in [1.165, 1.54) is 25.7 Å². The molecule has 21 heavy (non-hydrogen) atoms. The Morgan fingerprint density at radius 1 is 1.19 bits per heavy atom. The standard InChI is InChI=1S/C17H27N3O/c1-13(2)9-6-4-5-7-12-20-14-10-8-11-15(21-3)16(14)19-17(20)18/h8,10-11,13H,4-7,9,12H2,1-3H3,(H2,18,19). The van der Waals surface area contributed by atoms with E-state index in [4.69, 9.17) is 10.5 Å². The van der Waals surface area contributed by atoms with Crippen LogP contribution in [0.1, 0.15) is 46.0 Å². The first kappa shape index (κ1) is 15.7. The van der Waals surface area contributed by atoms with Crippen molar-refractivity contribution in [2.45, 2.75) is 52.5 Å². The molecule has 0 aliphatic carbocycles. The third-order valence-corrected chi connectivity index (χ3v) is 3.90. The van der Waals surface area contributed by atoms with Gasteiger partial charge in [-0.15, -0.1) is 0 Å². The number of nitrogens with two attached hydrogens (primary N) is 1. The quantitative estimate of drug-likeness (QED) is 0.740. The second-order valence-electron chi connectivity index (χ2n) is 6.05. The minimum atomic E-state index is 0.580. The van der Waals surface area contributed by atoms with Gasteiger partial charge < -0.3 is 15.0 Å². The highest BCUT2D eigenvalue weighted by Crippen LogP contribution is 2.27. The van der Waals surface area contributed by atoms with Gasteiger partial charge >= 0.3 is 0 Å². The van der Waals surface area contributed by atoms with Gasteiger partial charge in [0, 0.05) is 6.54 Å². The number of hydrogen-bond donors (Lipinski definition) is 1. The molecule has 0 radical (unpaired) electrons. The van der Waals surface area contributed by atoms with Crippen molar-refractivity contribution in [2.24, 2.45) is 5.92 Å². The Hall–Kier alpha value is -1.71. The zero-order valence-corrected chi connectivity index (χ0v) is 13.4. The lowest BCUT2D eigenvalue weighted by molar-refractivity contribution is 0.419. The number of rotatable bonds is 8. The van der Waals surface area contributed by atoms with Crippen LogP contribution in [-0.4, -0.2) is 16.7 Å². The number of aryl methyl sites for hydroxylation is 1. The van der Waals surface area contributed by atoms with E-state index in [2.05, 4.69) is 29.5 Å². The van der Waals surface area contributed by atoms with Crippen LogP contribution in [-0.2, 0) is 6.54 Å². The van der Waals surface area contributed by atoms with Crippen LogP contribution in [0.25, 0.3) is 11.0 Å². The Balaban J connectivity index is 1.94. The van der Waals surface area contributed by atoms with E-state index in [9.17, 15) is 0 Å². The van der Waals surface area contributed by atoms with Gasteiger partial charge in [-0.2, -0.15) is 0 Å². The summed E-state index contributed by atoms with van der Waals surface area (Å²) < 4.78 is 7.44. The van der Waals surface area contributed by atoms with Crippen LogP contribution in [0.15, 0.2) is 18.2 Å². The smallest absolute Gasteiger partial charge is 0.201 e. The van der Waals surface area contributed by atoms with Gasteiger partial charge in [-0.25, -0.2) is 4.98 Å². The normalized spacial score (nSPS) is 11.4. The first-order valence-electron chi connectivity index (χ1n) is 7.92. The second-order valence-corrected chi connectivity index (χ2v) is 6.05. The number of para-hydroxylation sites is 1. The van der Waals surface area contributed by atoms with E-state index >= 15 is 0 Å². The summed E-state index contributed by atoms with van der Waals surface area (Å²) >= 11 is 0. The highest BCUT2D eigenvalue weighted by atomic mass is 16.5. The molecule has 1 heterocycles. The van der Waals surface area contributed by atoms with E-state index in [-0.39, 0.29) is 0 Å². The predicted octanol–water partition coefficient (Wildman–Crippen LogP) is 4.23. The lowest BCUT2D eigenvalue weighted by Gasteiger charge is -2.07. The van der Waals surface area contributed by atoms with Crippen molar-refractivity contribution in [3.63, 3.8) is 0 Å². The van der Waals surface area contributed by atoms with Crippen LogP contribution in [0, 0.1) is 5.92 Å². The van der Waals surface area contributed by atoms with Crippen LogP contribution in [0.2, 0.25) is 0 Å². The van der Waals surface area contributed by atoms with Gasteiger partial charge in [-0.05, 0) is 24.5 Å². The topological polar surface area (TPSA) is 53.1 Å². The van der Waals surface area contributed by atoms with E-state index < -0.39 is 0 Å². The van der Waals surface area contributed by atoms with Gasteiger partial charge in [0.2, 0.25) is 5.95 Å². The molecule has 0 bridgehead atoms. The largest absolute Gasteiger partial charge is 0.494 e. The number of benzene rings is 1. The van der Waals surface area contributed by atoms with E-state index in [0.717, 1.165) is 35.7 Å². The molecular weight excluding hydrogens is 262 g/mol. The Morgan fingerprint density at radius 2 is 1.95 bits per heavy atom. The maximum absolute atomic E-state index is 6.05. The summed E-state index contributed by atoms with van der Waals surface area (Å²) in [6.45, 7) is 5.49. The first-order chi connectivity index (χ1) is 10.1. The molecule has 0 saturated heterocycles. The minimum absolute atomic E-state index is 0.580. The molecule has 0 aliphatic heterocycles. The van der Waals surface area contributed by atoms with E-state index in [0.29, 0.717) is 5.95 Å². The molecule has 116 valence electrons. The summed E-state index contributed by atoms with van der Waals surface area (Å²) in [5, 5.41) is 0. The number of nitrogen functional groups attached to an aromatic ring is 1. The molecule has 1 aromatic heterocycles. The molecule has 0 atom stereocenters. The number of anilines is 1. The molecule has 4 nitrogen and oxygen atoms in total. The SMILES string of the molecule is COc1cccc2c1nc(N)n2CCCCCCC(C)C. The maximum atomic E-state index is 6.05. The summed E-state index contributed by atoms with van der Waals surface area (Å²) in [6, 6.07) is 5.96. The van der Waals surface area contributed by atoms with Crippen LogP contribution < -0.4 is 10.5 Å². The van der Waals surface area contributed by atoms with Gasteiger partial charge in [-0.1, -0.05) is 45.6 Å². The molecule has 2 rings (SSSR count). The van der Waals surface area contributed by atoms with Gasteiger partial charge in [0.05, 0.1) is 12.6 Å². The van der Waals surface area contributed by atoms with E-state index in [1.54, 1.807) is 7.11 Å². The number of ether oxygens (including phenoxy) is 1. The van der Waals surface area contributed by atoms with Crippen molar-refractivity contribution in [3.8, 4) is 5.75 Å². The second kappa shape index (κ2) is 7.34. The number of methoxy groups -OCH3 is 1. The number of fused-ring (bicyclic) bond motifs is 1. The van der Waals surface area contributed by atoms with Crippen LogP contribution in [0.4, 0.5) is 5.95 Å². The molecule has 0 unspecified atom stereocenters. The van der Waals surface area contributed by atoms with E-state index in [1.807, 2.05) is 12.1 Å². The van der Waals surface area contributed by atoms with Gasteiger partial charge in [0.1, 0.15) is 11.3 Å². The summed E-state index contributed by atoms with van der Waals surface area (Å²) in [6.07, 6.45) is 6.34. The zero-order chi connectivity index (χ0) is 15.2. The van der Waals surface area contributed by atoms with Crippen LogP contribution in [0.5, 0.6) is 5.75 Å². The van der Waals surface area contributed by atoms with Crippen LogP contribution in [0.3, 0.4) is 0 Å². The molecule has 0 amide bonds. The molecule has 1 aromatic carbocycles. The molecular formula is C17H27N3O. The third-order valence-electron chi connectivity index (χ3n) is 3.90. The average molecular weight is 289 g/mol. The number of imidazole rings is 1. The fourth-order valence-electron chi connectivity index (χ4n) is 2.72. The monoisotopic (exact) mass is 289 g/mol. The lowest BCUT2D eigenvalue weighted by atomic mass is 10.0. The Labute approximate surface area is 127 Å². The predicted molar refractivity (Wildman–Crippen MR) is 88.6 cm³/mol. The van der Waals surface area contributed by atoms with Gasteiger partial charge in [0.25, 0.3) is 0 Å². The Bertz CT molecular complexity index is 575. The first-order valence-corrected chi connectivity index (χ1v) is 7.92. The molecule has 0 spiro atoms. The maximum Gasteiger partial charge on any atom is 0.201 e. The molecule has 0 fully saturated rings. The van der Waals surface area contributed by atoms with Crippen molar-refractivity contribution in [1.82, 2.24) is 9.55 Å². The van der Waals surface area contributed by atoms with Crippen molar-refractivity contribution in [2.75, 3.05) is 12.8 Å². The highest BCUT2D eigenvalue weighted by Gasteiger charge is 2.11. The molecule has 4 heteroatoms. The summed E-state index contributed by atoms with van der Waals surface area (Å²) in [4.78, 5) is 4.44. The Morgan fingerprint density at radius 3 is 2.67 bits per heavy atom. The fourth-order valence-corrected chi connectivity index (χ4v) is 2.72. The molecule has 2 N–H and O–H groups in total.